The Bertz CT molecular complexity index is 1410. The number of aromatic amines is 1. The number of thioether (sulfide) groups is 1. The molecule has 0 saturated carbocycles. The van der Waals surface area contributed by atoms with E-state index in [4.69, 9.17) is 4.42 Å². The molecule has 0 aliphatic rings. The monoisotopic (exact) mass is 485 g/mol. The predicted octanol–water partition coefficient (Wildman–Crippen LogP) is 6.77. The molecular formula is C28H24FN3O2S. The van der Waals surface area contributed by atoms with Crippen LogP contribution in [0.2, 0.25) is 0 Å². The first-order valence-electron chi connectivity index (χ1n) is 11.4. The lowest BCUT2D eigenvalue weighted by Gasteiger charge is -2.05. The fourth-order valence-electron chi connectivity index (χ4n) is 3.79. The molecule has 0 unspecified atom stereocenters. The topological polar surface area (TPSA) is 70.9 Å². The molecule has 0 radical (unpaired) electrons. The minimum atomic E-state index is -0.301. The smallest absolute Gasteiger partial charge is 0.291 e. The number of para-hydroxylation sites is 2. The Balaban J connectivity index is 1.11. The number of H-pyrrole nitrogens is 1. The highest BCUT2D eigenvalue weighted by Crippen LogP contribution is 2.22. The summed E-state index contributed by atoms with van der Waals surface area (Å²) in [7, 11) is 0. The number of nitrogens with one attached hydrogen (secondary N) is 2. The Hall–Kier alpha value is -3.84. The first-order valence-corrected chi connectivity index (χ1v) is 12.5. The van der Waals surface area contributed by atoms with E-state index in [1.807, 2.05) is 54.6 Å². The van der Waals surface area contributed by atoms with Crippen LogP contribution >= 0.6 is 11.8 Å². The Morgan fingerprint density at radius 1 is 0.914 bits per heavy atom. The molecule has 0 bridgehead atoms. The lowest BCUT2D eigenvalue weighted by Crippen LogP contribution is -2.10. The number of fused-ring (bicyclic) bond motifs is 1. The van der Waals surface area contributed by atoms with E-state index in [0.717, 1.165) is 35.3 Å². The van der Waals surface area contributed by atoms with E-state index >= 15 is 0 Å². The van der Waals surface area contributed by atoms with Crippen LogP contribution < -0.4 is 5.32 Å². The maximum Gasteiger partial charge on any atom is 0.291 e. The number of carbonyl (C=O) groups is 1. The SMILES string of the molecule is O=C(Nc1ccc(CCc2nc3ccccc3[nH]2)cc1)c1ccc(CSCc2ccccc2F)o1. The summed E-state index contributed by atoms with van der Waals surface area (Å²) in [6, 6.07) is 26.0. The van der Waals surface area contributed by atoms with Gasteiger partial charge in [-0.25, -0.2) is 9.37 Å². The molecular weight excluding hydrogens is 461 g/mol. The predicted molar refractivity (Wildman–Crippen MR) is 138 cm³/mol. The van der Waals surface area contributed by atoms with Crippen molar-refractivity contribution in [1.29, 1.82) is 0 Å². The number of hydrogen-bond donors (Lipinski definition) is 2. The van der Waals surface area contributed by atoms with Crippen molar-refractivity contribution in [2.45, 2.75) is 24.3 Å². The number of rotatable bonds is 9. The summed E-state index contributed by atoms with van der Waals surface area (Å²) in [5.41, 5.74) is 4.55. The van der Waals surface area contributed by atoms with Gasteiger partial charge in [0.15, 0.2) is 5.76 Å². The zero-order valence-electron chi connectivity index (χ0n) is 19.0. The fourth-order valence-corrected chi connectivity index (χ4v) is 4.70. The molecule has 5 rings (SSSR count). The van der Waals surface area contributed by atoms with Gasteiger partial charge in [0.05, 0.1) is 16.8 Å². The van der Waals surface area contributed by atoms with Gasteiger partial charge in [0.1, 0.15) is 17.4 Å². The molecule has 2 aromatic heterocycles. The second-order valence-corrected chi connectivity index (χ2v) is 9.19. The molecule has 0 aliphatic heterocycles. The van der Waals surface area contributed by atoms with Gasteiger partial charge in [0.25, 0.3) is 5.91 Å². The van der Waals surface area contributed by atoms with E-state index in [-0.39, 0.29) is 17.5 Å². The van der Waals surface area contributed by atoms with E-state index in [0.29, 0.717) is 28.5 Å². The van der Waals surface area contributed by atoms with Crippen LogP contribution in [0.4, 0.5) is 10.1 Å². The van der Waals surface area contributed by atoms with Gasteiger partial charge in [-0.05, 0) is 60.0 Å². The third kappa shape index (κ3) is 5.81. The number of carbonyl (C=O) groups excluding carboxylic acids is 1. The van der Waals surface area contributed by atoms with Gasteiger partial charge >= 0.3 is 0 Å². The summed E-state index contributed by atoms with van der Waals surface area (Å²) in [5.74, 6) is 2.48. The van der Waals surface area contributed by atoms with Gasteiger partial charge < -0.3 is 14.7 Å². The molecule has 35 heavy (non-hydrogen) atoms. The maximum absolute atomic E-state index is 13.7. The van der Waals surface area contributed by atoms with Crippen LogP contribution in [0.15, 0.2) is 89.3 Å². The van der Waals surface area contributed by atoms with Crippen molar-refractivity contribution in [2.75, 3.05) is 5.32 Å². The molecule has 2 heterocycles. The van der Waals surface area contributed by atoms with Crippen molar-refractivity contribution < 1.29 is 13.6 Å². The molecule has 0 spiro atoms. The molecule has 0 atom stereocenters. The highest BCUT2D eigenvalue weighted by atomic mass is 32.2. The standard InChI is InChI=1S/C28H24FN3O2S/c29-23-6-2-1-5-20(23)17-35-18-22-14-15-26(34-22)28(33)30-21-12-9-19(10-13-21)11-16-27-31-24-7-3-4-8-25(24)32-27/h1-10,12-15H,11,16-18H2,(H,30,33)(H,31,32). The number of anilines is 1. The molecule has 2 N–H and O–H groups in total. The summed E-state index contributed by atoms with van der Waals surface area (Å²) in [6.45, 7) is 0. The Morgan fingerprint density at radius 3 is 2.54 bits per heavy atom. The third-order valence-electron chi connectivity index (χ3n) is 5.65. The number of furan rings is 1. The molecule has 7 heteroatoms. The van der Waals surface area contributed by atoms with Crippen LogP contribution in [0.3, 0.4) is 0 Å². The van der Waals surface area contributed by atoms with Gasteiger partial charge in [-0.3, -0.25) is 4.79 Å². The van der Waals surface area contributed by atoms with Crippen LogP contribution in [0.1, 0.15) is 33.3 Å². The van der Waals surface area contributed by atoms with Crippen molar-refractivity contribution >= 4 is 34.4 Å². The summed E-state index contributed by atoms with van der Waals surface area (Å²) in [4.78, 5) is 20.5. The molecule has 1 amide bonds. The highest BCUT2D eigenvalue weighted by molar-refractivity contribution is 7.97. The summed E-state index contributed by atoms with van der Waals surface area (Å²) in [5, 5.41) is 2.87. The zero-order chi connectivity index (χ0) is 24.0. The second kappa shape index (κ2) is 10.6. The van der Waals surface area contributed by atoms with Crippen LogP contribution in [0, 0.1) is 5.82 Å². The van der Waals surface area contributed by atoms with Gasteiger partial charge in [-0.2, -0.15) is 0 Å². The number of halogens is 1. The Labute approximate surface area is 206 Å². The number of amides is 1. The van der Waals surface area contributed by atoms with Gasteiger partial charge in [-0.15, -0.1) is 11.8 Å². The second-order valence-electron chi connectivity index (χ2n) is 8.20. The normalized spacial score (nSPS) is 11.1. The quantitative estimate of drug-likeness (QED) is 0.242. The maximum atomic E-state index is 13.7. The van der Waals surface area contributed by atoms with Crippen LogP contribution in [0.25, 0.3) is 11.0 Å². The van der Waals surface area contributed by atoms with E-state index in [2.05, 4.69) is 15.3 Å². The third-order valence-corrected chi connectivity index (χ3v) is 6.65. The zero-order valence-corrected chi connectivity index (χ0v) is 19.8. The minimum absolute atomic E-state index is 0.208. The van der Waals surface area contributed by atoms with Crippen LogP contribution in [-0.4, -0.2) is 15.9 Å². The largest absolute Gasteiger partial charge is 0.455 e. The van der Waals surface area contributed by atoms with Crippen molar-refractivity contribution in [3.8, 4) is 0 Å². The number of imidazole rings is 1. The van der Waals surface area contributed by atoms with Crippen LogP contribution in [-0.2, 0) is 24.3 Å². The van der Waals surface area contributed by atoms with E-state index in [9.17, 15) is 9.18 Å². The molecule has 5 aromatic rings. The fraction of sp³-hybridized carbons (Fsp3) is 0.143. The van der Waals surface area contributed by atoms with Crippen molar-refractivity contribution in [2.24, 2.45) is 0 Å². The van der Waals surface area contributed by atoms with Gasteiger partial charge in [0.2, 0.25) is 0 Å². The molecule has 0 fully saturated rings. The number of benzene rings is 3. The lowest BCUT2D eigenvalue weighted by atomic mass is 10.1. The van der Waals surface area contributed by atoms with Gasteiger partial charge in [-0.1, -0.05) is 42.5 Å². The van der Waals surface area contributed by atoms with E-state index in [1.165, 1.54) is 17.8 Å². The molecule has 3 aromatic carbocycles. The lowest BCUT2D eigenvalue weighted by molar-refractivity contribution is 0.0995. The first-order chi connectivity index (χ1) is 17.1. The van der Waals surface area contributed by atoms with Crippen molar-refractivity contribution in [3.05, 3.63) is 119 Å². The van der Waals surface area contributed by atoms with Crippen LogP contribution in [0.5, 0.6) is 0 Å². The summed E-state index contributed by atoms with van der Waals surface area (Å²) in [6.07, 6.45) is 1.66. The molecule has 176 valence electrons. The summed E-state index contributed by atoms with van der Waals surface area (Å²) < 4.78 is 19.4. The number of hydrogen-bond acceptors (Lipinski definition) is 4. The average Bonchev–Trinajstić information content (AvgIpc) is 3.52. The number of aryl methyl sites for hydroxylation is 2. The number of aromatic nitrogens is 2. The Kier molecular flexibility index (Phi) is 6.95. The highest BCUT2D eigenvalue weighted by Gasteiger charge is 2.12. The van der Waals surface area contributed by atoms with Crippen molar-refractivity contribution in [1.82, 2.24) is 9.97 Å². The average molecular weight is 486 g/mol. The molecule has 5 nitrogen and oxygen atoms in total. The number of nitrogens with zero attached hydrogens (tertiary/aromatic N) is 1. The minimum Gasteiger partial charge on any atom is -0.455 e. The Morgan fingerprint density at radius 2 is 1.71 bits per heavy atom. The summed E-state index contributed by atoms with van der Waals surface area (Å²) >= 11 is 1.54. The van der Waals surface area contributed by atoms with Crippen molar-refractivity contribution in [3.63, 3.8) is 0 Å². The van der Waals surface area contributed by atoms with E-state index in [1.54, 1.807) is 24.3 Å². The molecule has 0 saturated heterocycles. The molecule has 0 aliphatic carbocycles. The first kappa shape index (κ1) is 22.9. The van der Waals surface area contributed by atoms with E-state index < -0.39 is 0 Å². The van der Waals surface area contributed by atoms with Gasteiger partial charge in [0, 0.05) is 17.9 Å².